The van der Waals surface area contributed by atoms with Crippen molar-refractivity contribution in [2.45, 2.75) is 0 Å². The topological polar surface area (TPSA) is 83.6 Å². The Morgan fingerprint density at radius 1 is 1.13 bits per heavy atom. The van der Waals surface area contributed by atoms with Gasteiger partial charge in [-0.25, -0.2) is 0 Å². The molecule has 5 nitrogen and oxygen atoms in total. The van der Waals surface area contributed by atoms with Crippen molar-refractivity contribution >= 4 is 16.5 Å². The minimum atomic E-state index is -0.735. The van der Waals surface area contributed by atoms with E-state index in [9.17, 15) is 20.3 Å². The van der Waals surface area contributed by atoms with Crippen LogP contribution in [0.2, 0.25) is 0 Å². The van der Waals surface area contributed by atoms with E-state index in [1.54, 1.807) is 18.2 Å². The summed E-state index contributed by atoms with van der Waals surface area (Å²) in [5, 5.41) is 30.3. The van der Waals surface area contributed by atoms with Gasteiger partial charge in [0, 0.05) is 10.8 Å². The number of aromatic hydroxyl groups is 2. The molecule has 0 heterocycles. The summed E-state index contributed by atoms with van der Waals surface area (Å²) in [6.45, 7) is 0. The average Bonchev–Trinajstić information content (AvgIpc) is 2.23. The van der Waals surface area contributed by atoms with Crippen LogP contribution in [0.3, 0.4) is 0 Å². The Morgan fingerprint density at radius 3 is 2.33 bits per heavy atom. The normalized spacial score (nSPS) is 10.4. The lowest BCUT2D eigenvalue weighted by atomic mass is 10.1. The van der Waals surface area contributed by atoms with Crippen LogP contribution in [0.1, 0.15) is 0 Å². The van der Waals surface area contributed by atoms with Gasteiger partial charge in [0.15, 0.2) is 0 Å². The van der Waals surface area contributed by atoms with E-state index in [0.29, 0.717) is 5.39 Å². The monoisotopic (exact) mass is 205 g/mol. The van der Waals surface area contributed by atoms with Gasteiger partial charge in [-0.05, 0) is 0 Å². The maximum absolute atomic E-state index is 10.6. The third-order valence-corrected chi connectivity index (χ3v) is 2.17. The molecule has 2 N–H and O–H groups in total. The molecule has 0 amide bonds. The minimum absolute atomic E-state index is 0.213. The lowest BCUT2D eigenvalue weighted by Gasteiger charge is -2.03. The number of nitro benzene ring substituents is 1. The first-order valence-electron chi connectivity index (χ1n) is 4.19. The van der Waals surface area contributed by atoms with E-state index in [-0.39, 0.29) is 11.1 Å². The summed E-state index contributed by atoms with van der Waals surface area (Å²) in [4.78, 5) is 9.82. The summed E-state index contributed by atoms with van der Waals surface area (Å²) in [7, 11) is 0. The Labute approximate surface area is 84.4 Å². The average molecular weight is 205 g/mol. The number of phenols is 2. The van der Waals surface area contributed by atoms with E-state index < -0.39 is 16.4 Å². The largest absolute Gasteiger partial charge is 0.507 e. The van der Waals surface area contributed by atoms with Gasteiger partial charge in [0.05, 0.1) is 11.0 Å². The number of fused-ring (bicyclic) bond motifs is 1. The van der Waals surface area contributed by atoms with Crippen molar-refractivity contribution < 1.29 is 15.1 Å². The van der Waals surface area contributed by atoms with Crippen LogP contribution in [0.4, 0.5) is 5.69 Å². The van der Waals surface area contributed by atoms with Crippen LogP contribution in [0.15, 0.2) is 30.3 Å². The van der Waals surface area contributed by atoms with Gasteiger partial charge in [0.25, 0.3) is 0 Å². The predicted octanol–water partition coefficient (Wildman–Crippen LogP) is 2.16. The molecule has 0 atom stereocenters. The highest BCUT2D eigenvalue weighted by Gasteiger charge is 2.18. The predicted molar refractivity (Wildman–Crippen MR) is 53.9 cm³/mol. The molecule has 0 fully saturated rings. The maximum Gasteiger partial charge on any atom is 0.315 e. The lowest BCUT2D eigenvalue weighted by Crippen LogP contribution is -1.89. The lowest BCUT2D eigenvalue weighted by molar-refractivity contribution is -0.385. The zero-order valence-electron chi connectivity index (χ0n) is 7.54. The van der Waals surface area contributed by atoms with E-state index in [4.69, 9.17) is 0 Å². The number of nitrogens with zero attached hydrogens (tertiary/aromatic N) is 1. The first-order valence-corrected chi connectivity index (χ1v) is 4.19. The van der Waals surface area contributed by atoms with Crippen molar-refractivity contribution in [1.82, 2.24) is 0 Å². The van der Waals surface area contributed by atoms with Crippen LogP contribution < -0.4 is 0 Å². The Hall–Kier alpha value is -2.30. The first kappa shape index (κ1) is 9.26. The summed E-state index contributed by atoms with van der Waals surface area (Å²) in [6, 6.07) is 7.34. The van der Waals surface area contributed by atoms with Gasteiger partial charge in [0.2, 0.25) is 5.75 Å². The number of benzene rings is 2. The van der Waals surface area contributed by atoms with Crippen molar-refractivity contribution in [2.75, 3.05) is 0 Å². The van der Waals surface area contributed by atoms with Crippen molar-refractivity contribution in [3.8, 4) is 11.5 Å². The zero-order chi connectivity index (χ0) is 11.0. The van der Waals surface area contributed by atoms with Crippen LogP contribution in [0, 0.1) is 10.1 Å². The Bertz CT molecular complexity index is 550. The third-order valence-electron chi connectivity index (χ3n) is 2.17. The van der Waals surface area contributed by atoms with E-state index >= 15 is 0 Å². The highest BCUT2D eigenvalue weighted by Crippen LogP contribution is 2.39. The molecule has 0 aliphatic heterocycles. The van der Waals surface area contributed by atoms with Crippen molar-refractivity contribution in [3.63, 3.8) is 0 Å². The molecular weight excluding hydrogens is 198 g/mol. The van der Waals surface area contributed by atoms with E-state index in [0.717, 1.165) is 6.07 Å². The molecule has 5 heteroatoms. The number of hydrogen-bond donors (Lipinski definition) is 2. The number of rotatable bonds is 1. The quantitative estimate of drug-likeness (QED) is 0.424. The summed E-state index contributed by atoms with van der Waals surface area (Å²) in [6.07, 6.45) is 0. The molecule has 0 aromatic heterocycles. The van der Waals surface area contributed by atoms with Gasteiger partial charge in [-0.3, -0.25) is 10.1 Å². The Balaban J connectivity index is 2.90. The van der Waals surface area contributed by atoms with Crippen molar-refractivity contribution in [1.29, 1.82) is 0 Å². The second kappa shape index (κ2) is 3.13. The molecule has 0 saturated carbocycles. The second-order valence-corrected chi connectivity index (χ2v) is 3.07. The van der Waals surface area contributed by atoms with E-state index in [2.05, 4.69) is 0 Å². The molecule has 2 aromatic carbocycles. The van der Waals surface area contributed by atoms with Gasteiger partial charge >= 0.3 is 5.69 Å². The number of hydrogen-bond acceptors (Lipinski definition) is 4. The summed E-state index contributed by atoms with van der Waals surface area (Å²) in [5.41, 5.74) is -0.494. The van der Waals surface area contributed by atoms with Gasteiger partial charge in [-0.2, -0.15) is 0 Å². The SMILES string of the molecule is O=[N+]([O-])c1cc(O)c2ccccc2c1O. The number of nitro groups is 1. The van der Waals surface area contributed by atoms with Gasteiger partial charge in [0.1, 0.15) is 5.75 Å². The highest BCUT2D eigenvalue weighted by atomic mass is 16.6. The highest BCUT2D eigenvalue weighted by molar-refractivity contribution is 5.96. The molecule has 2 rings (SSSR count). The summed E-state index contributed by atoms with van der Waals surface area (Å²) in [5.74, 6) is -0.636. The van der Waals surface area contributed by atoms with Crippen LogP contribution >= 0.6 is 0 Å². The van der Waals surface area contributed by atoms with Crippen molar-refractivity contribution in [3.05, 3.63) is 40.4 Å². The Morgan fingerprint density at radius 2 is 1.73 bits per heavy atom. The molecule has 0 unspecified atom stereocenters. The summed E-state index contributed by atoms with van der Waals surface area (Å²) < 4.78 is 0. The molecule has 0 radical (unpaired) electrons. The fraction of sp³-hybridized carbons (Fsp3) is 0. The van der Waals surface area contributed by atoms with Crippen LogP contribution in [0.25, 0.3) is 10.8 Å². The van der Waals surface area contributed by atoms with E-state index in [1.165, 1.54) is 6.07 Å². The van der Waals surface area contributed by atoms with Gasteiger partial charge in [-0.15, -0.1) is 0 Å². The fourth-order valence-corrected chi connectivity index (χ4v) is 1.47. The fourth-order valence-electron chi connectivity index (χ4n) is 1.47. The molecule has 0 aliphatic carbocycles. The second-order valence-electron chi connectivity index (χ2n) is 3.07. The molecule has 15 heavy (non-hydrogen) atoms. The maximum atomic E-state index is 10.6. The molecular formula is C10H7NO4. The summed E-state index contributed by atoms with van der Waals surface area (Å²) >= 11 is 0. The molecule has 0 bridgehead atoms. The first-order chi connectivity index (χ1) is 7.11. The molecule has 76 valence electrons. The molecule has 2 aromatic rings. The standard InChI is InChI=1S/C10H7NO4/c12-9-5-8(11(14)15)10(13)7-4-2-1-3-6(7)9/h1-5,12-13H. The third kappa shape index (κ3) is 1.34. The van der Waals surface area contributed by atoms with Gasteiger partial charge in [-0.1, -0.05) is 24.3 Å². The molecule has 0 spiro atoms. The van der Waals surface area contributed by atoms with Crippen LogP contribution in [-0.2, 0) is 0 Å². The van der Waals surface area contributed by atoms with Crippen molar-refractivity contribution in [2.24, 2.45) is 0 Å². The van der Waals surface area contributed by atoms with Gasteiger partial charge < -0.3 is 10.2 Å². The smallest absolute Gasteiger partial charge is 0.315 e. The van der Waals surface area contributed by atoms with Crippen LogP contribution in [-0.4, -0.2) is 15.1 Å². The van der Waals surface area contributed by atoms with Crippen LogP contribution in [0.5, 0.6) is 11.5 Å². The number of phenolic OH excluding ortho intramolecular Hbond substituents is 2. The Kier molecular flexibility index (Phi) is 1.93. The van der Waals surface area contributed by atoms with E-state index in [1.807, 2.05) is 0 Å². The molecule has 0 saturated heterocycles. The zero-order valence-corrected chi connectivity index (χ0v) is 7.54. The minimum Gasteiger partial charge on any atom is -0.507 e. The molecule has 0 aliphatic rings.